The fourth-order valence-electron chi connectivity index (χ4n) is 4.37. The van der Waals surface area contributed by atoms with Crippen molar-refractivity contribution in [3.05, 3.63) is 29.3 Å². The number of rotatable bonds is 8. The molecule has 1 aromatic carbocycles. The van der Waals surface area contributed by atoms with Gasteiger partial charge in [0.15, 0.2) is 0 Å². The van der Waals surface area contributed by atoms with Crippen LogP contribution in [0.1, 0.15) is 90.3 Å². The van der Waals surface area contributed by atoms with Gasteiger partial charge in [-0.25, -0.2) is 4.79 Å². The molecule has 2 rings (SSSR count). The Bertz CT molecular complexity index is 970. The zero-order valence-electron chi connectivity index (χ0n) is 22.4. The van der Waals surface area contributed by atoms with Gasteiger partial charge in [-0.05, 0) is 76.1 Å². The van der Waals surface area contributed by atoms with Crippen LogP contribution in [0, 0.1) is 25.3 Å². The number of carbonyl (C=O) groups excluding carboxylic acids is 3. The topological polar surface area (TPSA) is 108 Å². The number of nitrogens with one attached hydrogen (secondary N) is 2. The summed E-state index contributed by atoms with van der Waals surface area (Å²) in [5.41, 5.74) is 0.288. The number of hydrogen-bond donors (Lipinski definition) is 3. The van der Waals surface area contributed by atoms with Gasteiger partial charge in [0.25, 0.3) is 5.91 Å². The Kier molecular flexibility index (Phi) is 10.2. The lowest BCUT2D eigenvalue weighted by atomic mass is 9.94. The number of benzene rings is 1. The molecule has 0 bridgehead atoms. The van der Waals surface area contributed by atoms with E-state index in [1.54, 1.807) is 39.8 Å². The van der Waals surface area contributed by atoms with Crippen molar-refractivity contribution in [1.82, 2.24) is 15.5 Å². The largest absolute Gasteiger partial charge is 0.508 e. The first-order chi connectivity index (χ1) is 16.8. The van der Waals surface area contributed by atoms with E-state index in [1.165, 1.54) is 6.07 Å². The third-order valence-electron chi connectivity index (χ3n) is 6.07. The summed E-state index contributed by atoms with van der Waals surface area (Å²) >= 11 is 0. The third-order valence-corrected chi connectivity index (χ3v) is 6.07. The predicted molar refractivity (Wildman–Crippen MR) is 139 cm³/mol. The summed E-state index contributed by atoms with van der Waals surface area (Å²) in [6.07, 6.45) is 10.3. The lowest BCUT2D eigenvalue weighted by Crippen LogP contribution is -2.52. The minimum absolute atomic E-state index is 0.00744. The lowest BCUT2D eigenvalue weighted by molar-refractivity contribution is -0.139. The Morgan fingerprint density at radius 3 is 2.36 bits per heavy atom. The highest BCUT2D eigenvalue weighted by atomic mass is 16.6. The molecule has 0 aliphatic heterocycles. The number of nitrogens with zero attached hydrogens (tertiary/aromatic N) is 1. The number of aryl methyl sites for hydroxylation is 1. The van der Waals surface area contributed by atoms with E-state index in [-0.39, 0.29) is 23.6 Å². The third kappa shape index (κ3) is 8.47. The van der Waals surface area contributed by atoms with Crippen LogP contribution in [0.2, 0.25) is 0 Å². The fraction of sp³-hybridized carbons (Fsp3) is 0.607. The van der Waals surface area contributed by atoms with Crippen LogP contribution < -0.4 is 10.6 Å². The first-order valence-corrected chi connectivity index (χ1v) is 12.7. The van der Waals surface area contributed by atoms with Crippen molar-refractivity contribution in [2.24, 2.45) is 5.92 Å². The molecule has 1 aliphatic carbocycles. The maximum Gasteiger partial charge on any atom is 0.408 e. The quantitative estimate of drug-likeness (QED) is 0.359. The van der Waals surface area contributed by atoms with E-state index in [0.717, 1.165) is 37.0 Å². The first kappa shape index (κ1) is 29.0. The van der Waals surface area contributed by atoms with Crippen molar-refractivity contribution in [3.63, 3.8) is 0 Å². The molecular weight excluding hydrogens is 458 g/mol. The van der Waals surface area contributed by atoms with Crippen molar-refractivity contribution < 1.29 is 24.2 Å². The Morgan fingerprint density at radius 2 is 1.83 bits per heavy atom. The summed E-state index contributed by atoms with van der Waals surface area (Å²) < 4.78 is 5.36. The van der Waals surface area contributed by atoms with E-state index in [4.69, 9.17) is 11.2 Å². The molecule has 1 saturated carbocycles. The monoisotopic (exact) mass is 499 g/mol. The van der Waals surface area contributed by atoms with Gasteiger partial charge in [-0.15, -0.1) is 0 Å². The smallest absolute Gasteiger partial charge is 0.408 e. The normalized spacial score (nSPS) is 15.9. The van der Waals surface area contributed by atoms with E-state index in [2.05, 4.69) is 16.7 Å². The van der Waals surface area contributed by atoms with E-state index < -0.39 is 29.7 Å². The molecule has 0 aromatic heterocycles. The van der Waals surface area contributed by atoms with Gasteiger partial charge in [0.1, 0.15) is 23.4 Å². The van der Waals surface area contributed by atoms with Gasteiger partial charge in [0.05, 0.1) is 0 Å². The Labute approximate surface area is 215 Å². The van der Waals surface area contributed by atoms with Crippen molar-refractivity contribution in [2.75, 3.05) is 0 Å². The minimum Gasteiger partial charge on any atom is -0.508 e. The molecule has 3 amide bonds. The molecule has 1 aliphatic rings. The second kappa shape index (κ2) is 12.7. The number of phenols is 1. The van der Waals surface area contributed by atoms with Gasteiger partial charge in [-0.3, -0.25) is 14.5 Å². The van der Waals surface area contributed by atoms with E-state index in [1.807, 2.05) is 13.8 Å². The molecule has 198 valence electrons. The second-order valence-corrected chi connectivity index (χ2v) is 11.0. The summed E-state index contributed by atoms with van der Waals surface area (Å²) in [6, 6.07) is 5.01. The number of aromatic hydroxyl groups is 1. The van der Waals surface area contributed by atoms with Crippen LogP contribution in [0.5, 0.6) is 5.75 Å². The SMILES string of the molecule is C#CN(C(=O)C(CC(C)C)NC(=O)OC(C)(C)C)C(C(=O)NC1CCCCC1)c1ccc(O)c(C)c1. The predicted octanol–water partition coefficient (Wildman–Crippen LogP) is 4.55. The Hall–Kier alpha value is -3.21. The zero-order valence-corrected chi connectivity index (χ0v) is 22.4. The molecule has 8 heteroatoms. The van der Waals surface area contributed by atoms with Crippen LogP contribution in [-0.4, -0.2) is 45.6 Å². The molecular formula is C28H41N3O5. The van der Waals surface area contributed by atoms with Gasteiger partial charge >= 0.3 is 6.09 Å². The highest BCUT2D eigenvalue weighted by molar-refractivity contribution is 5.93. The van der Waals surface area contributed by atoms with Crippen LogP contribution in [0.15, 0.2) is 18.2 Å². The molecule has 3 N–H and O–H groups in total. The average molecular weight is 500 g/mol. The van der Waals surface area contributed by atoms with E-state index in [9.17, 15) is 19.5 Å². The number of ether oxygens (including phenoxy) is 1. The van der Waals surface area contributed by atoms with E-state index >= 15 is 0 Å². The molecule has 1 aromatic rings. The van der Waals surface area contributed by atoms with Crippen LogP contribution in [0.25, 0.3) is 0 Å². The summed E-state index contributed by atoms with van der Waals surface area (Å²) in [6.45, 7) is 10.8. The number of alkyl carbamates (subject to hydrolysis) is 1. The summed E-state index contributed by atoms with van der Waals surface area (Å²) in [5, 5.41) is 15.7. The summed E-state index contributed by atoms with van der Waals surface area (Å²) in [7, 11) is 0. The Morgan fingerprint density at radius 1 is 1.19 bits per heavy atom. The van der Waals surface area contributed by atoms with Gasteiger partial charge in [-0.1, -0.05) is 45.6 Å². The highest BCUT2D eigenvalue weighted by Crippen LogP contribution is 2.28. The van der Waals surface area contributed by atoms with E-state index in [0.29, 0.717) is 17.5 Å². The van der Waals surface area contributed by atoms with Gasteiger partial charge in [0, 0.05) is 12.1 Å². The fourth-order valence-corrected chi connectivity index (χ4v) is 4.37. The molecule has 8 nitrogen and oxygen atoms in total. The number of phenolic OH excluding ortho intramolecular Hbond substituents is 1. The average Bonchev–Trinajstić information content (AvgIpc) is 2.77. The molecule has 0 radical (unpaired) electrons. The van der Waals surface area contributed by atoms with Crippen molar-refractivity contribution in [2.45, 2.75) is 104 Å². The van der Waals surface area contributed by atoms with Crippen LogP contribution in [-0.2, 0) is 14.3 Å². The summed E-state index contributed by atoms with van der Waals surface area (Å²) in [4.78, 5) is 40.9. The van der Waals surface area contributed by atoms with Gasteiger partial charge in [-0.2, -0.15) is 0 Å². The molecule has 0 saturated heterocycles. The zero-order chi connectivity index (χ0) is 27.0. The van der Waals surface area contributed by atoms with Crippen LogP contribution in [0.3, 0.4) is 0 Å². The molecule has 0 spiro atoms. The maximum atomic E-state index is 13.8. The van der Waals surface area contributed by atoms with Crippen LogP contribution >= 0.6 is 0 Å². The minimum atomic E-state index is -1.13. The molecule has 0 heterocycles. The van der Waals surface area contributed by atoms with Gasteiger partial charge in [0.2, 0.25) is 5.91 Å². The van der Waals surface area contributed by atoms with Crippen molar-refractivity contribution >= 4 is 17.9 Å². The van der Waals surface area contributed by atoms with Crippen molar-refractivity contribution in [1.29, 1.82) is 0 Å². The van der Waals surface area contributed by atoms with Gasteiger partial charge < -0.3 is 20.5 Å². The number of amides is 3. The number of terminal acetylenes is 1. The molecule has 1 fully saturated rings. The molecule has 36 heavy (non-hydrogen) atoms. The maximum absolute atomic E-state index is 13.8. The number of carbonyl (C=O) groups is 3. The highest BCUT2D eigenvalue weighted by Gasteiger charge is 2.37. The van der Waals surface area contributed by atoms with Crippen molar-refractivity contribution in [3.8, 4) is 18.2 Å². The van der Waals surface area contributed by atoms with Crippen LogP contribution in [0.4, 0.5) is 4.79 Å². The standard InChI is InChI=1S/C28H41N3O5/c1-8-31(26(34)22(16-18(2)3)30-27(35)36-28(5,6)7)24(20-14-15-23(32)19(4)17-20)25(33)29-21-12-10-9-11-13-21/h1,14-15,17-18,21-22,24,32H,9-13,16H2,2-7H3,(H,29,33)(H,30,35). The molecule has 2 atom stereocenters. The lowest BCUT2D eigenvalue weighted by Gasteiger charge is -2.32. The first-order valence-electron chi connectivity index (χ1n) is 12.7. The second-order valence-electron chi connectivity index (χ2n) is 11.0. The number of hydrogen-bond acceptors (Lipinski definition) is 5. The molecule has 2 unspecified atom stereocenters. The Balaban J connectivity index is 2.41. The summed E-state index contributed by atoms with van der Waals surface area (Å²) in [5.74, 6) is -0.836.